The van der Waals surface area contributed by atoms with E-state index in [0.717, 1.165) is 70.6 Å². The van der Waals surface area contributed by atoms with E-state index in [2.05, 4.69) is 69.4 Å². The Morgan fingerprint density at radius 3 is 0.787 bits per heavy atom. The third-order valence-corrected chi connectivity index (χ3v) is 14.8. The first kappa shape index (κ1) is 72.4. The van der Waals surface area contributed by atoms with E-state index in [1.807, 2.05) is 0 Å². The Morgan fingerprint density at radius 2 is 0.493 bits per heavy atom. The fourth-order valence-electron chi connectivity index (χ4n) is 9.75. The lowest BCUT2D eigenvalue weighted by molar-refractivity contribution is -0.167. The number of allylic oxidation sites excluding steroid dienone is 8. The summed E-state index contributed by atoms with van der Waals surface area (Å²) >= 11 is 0. The van der Waals surface area contributed by atoms with Crippen LogP contribution in [0.5, 0.6) is 0 Å². The molecule has 0 saturated carbocycles. The predicted molar refractivity (Wildman–Crippen MR) is 325 cm³/mol. The molecule has 0 aromatic heterocycles. The molecule has 438 valence electrons. The molecule has 0 fully saturated rings. The van der Waals surface area contributed by atoms with Crippen LogP contribution in [0.15, 0.2) is 48.6 Å². The molecular weight excluding hydrogens is 925 g/mol. The number of rotatable bonds is 61. The Labute approximate surface area is 467 Å². The molecule has 0 heterocycles. The van der Waals surface area contributed by atoms with E-state index in [-0.39, 0.29) is 31.1 Å². The average molecular weight is 1050 g/mol. The van der Waals surface area contributed by atoms with Gasteiger partial charge in [0.25, 0.3) is 0 Å². The van der Waals surface area contributed by atoms with Crippen LogP contribution in [0.1, 0.15) is 355 Å². The van der Waals surface area contributed by atoms with Crippen molar-refractivity contribution in [2.45, 2.75) is 361 Å². The van der Waals surface area contributed by atoms with Crippen LogP contribution in [0.3, 0.4) is 0 Å². The molecule has 1 unspecified atom stereocenters. The van der Waals surface area contributed by atoms with Gasteiger partial charge >= 0.3 is 17.9 Å². The Balaban J connectivity index is 4.23. The number of carbonyl (C=O) groups excluding carboxylic acids is 3. The van der Waals surface area contributed by atoms with Gasteiger partial charge in [0.1, 0.15) is 13.2 Å². The molecule has 0 aromatic rings. The maximum absolute atomic E-state index is 12.9. The van der Waals surface area contributed by atoms with E-state index in [4.69, 9.17) is 14.2 Å². The Kier molecular flexibility index (Phi) is 61.7. The van der Waals surface area contributed by atoms with Gasteiger partial charge in [-0.05, 0) is 96.3 Å². The molecule has 0 radical (unpaired) electrons. The molecule has 0 N–H and O–H groups in total. The van der Waals surface area contributed by atoms with Crippen molar-refractivity contribution in [2.24, 2.45) is 0 Å². The number of esters is 3. The minimum Gasteiger partial charge on any atom is -0.462 e. The van der Waals surface area contributed by atoms with Crippen molar-refractivity contribution < 1.29 is 28.6 Å². The second-order valence-corrected chi connectivity index (χ2v) is 22.4. The van der Waals surface area contributed by atoms with Gasteiger partial charge in [-0.1, -0.05) is 288 Å². The Bertz CT molecular complexity index is 1300. The lowest BCUT2D eigenvalue weighted by Crippen LogP contribution is -2.30. The minimum atomic E-state index is -0.777. The largest absolute Gasteiger partial charge is 0.462 e. The lowest BCUT2D eigenvalue weighted by atomic mass is 10.0. The van der Waals surface area contributed by atoms with E-state index in [9.17, 15) is 14.4 Å². The molecule has 0 amide bonds. The van der Waals surface area contributed by atoms with Gasteiger partial charge in [0.05, 0.1) is 0 Å². The smallest absolute Gasteiger partial charge is 0.306 e. The fraction of sp³-hybridized carbons (Fsp3) is 0.841. The van der Waals surface area contributed by atoms with Crippen LogP contribution in [-0.4, -0.2) is 37.2 Å². The number of hydrogen-bond acceptors (Lipinski definition) is 6. The maximum atomic E-state index is 12.9. The zero-order valence-electron chi connectivity index (χ0n) is 50.3. The minimum absolute atomic E-state index is 0.0743. The van der Waals surface area contributed by atoms with Crippen molar-refractivity contribution in [3.05, 3.63) is 48.6 Å². The average Bonchev–Trinajstić information content (AvgIpc) is 3.41. The molecule has 75 heavy (non-hydrogen) atoms. The molecule has 0 saturated heterocycles. The van der Waals surface area contributed by atoms with Crippen LogP contribution in [0.4, 0.5) is 0 Å². The van der Waals surface area contributed by atoms with Crippen molar-refractivity contribution in [3.8, 4) is 0 Å². The van der Waals surface area contributed by atoms with E-state index in [1.54, 1.807) is 0 Å². The third-order valence-electron chi connectivity index (χ3n) is 14.8. The van der Waals surface area contributed by atoms with Gasteiger partial charge in [-0.3, -0.25) is 14.4 Å². The highest BCUT2D eigenvalue weighted by Crippen LogP contribution is 2.17. The summed E-state index contributed by atoms with van der Waals surface area (Å²) in [5.41, 5.74) is 0. The van der Waals surface area contributed by atoms with Gasteiger partial charge in [0, 0.05) is 19.3 Å². The van der Waals surface area contributed by atoms with Crippen LogP contribution in [-0.2, 0) is 28.6 Å². The van der Waals surface area contributed by atoms with Crippen LogP contribution in [0, 0.1) is 0 Å². The number of hydrogen-bond donors (Lipinski definition) is 0. The molecule has 0 rings (SSSR count). The highest BCUT2D eigenvalue weighted by molar-refractivity contribution is 5.71. The number of unbranched alkanes of at least 4 members (excludes halogenated alkanes) is 42. The van der Waals surface area contributed by atoms with Crippen molar-refractivity contribution in [2.75, 3.05) is 13.2 Å². The Morgan fingerprint density at radius 1 is 0.267 bits per heavy atom. The quantitative estimate of drug-likeness (QED) is 0.0261. The molecule has 0 aliphatic rings. The number of ether oxygens (including phenoxy) is 3. The summed E-state index contributed by atoms with van der Waals surface area (Å²) in [4.78, 5) is 38.3. The number of carbonyl (C=O) groups is 3. The van der Waals surface area contributed by atoms with Crippen molar-refractivity contribution in [3.63, 3.8) is 0 Å². The molecule has 6 heteroatoms. The van der Waals surface area contributed by atoms with Crippen LogP contribution < -0.4 is 0 Å². The summed E-state index contributed by atoms with van der Waals surface area (Å²) in [6.07, 6.45) is 79.9. The highest BCUT2D eigenvalue weighted by atomic mass is 16.6. The maximum Gasteiger partial charge on any atom is 0.306 e. The van der Waals surface area contributed by atoms with Crippen LogP contribution in [0.25, 0.3) is 0 Å². The molecule has 6 nitrogen and oxygen atoms in total. The summed E-state index contributed by atoms with van der Waals surface area (Å²) in [7, 11) is 0. The SMILES string of the molecule is CCCC/C=C\CCCCCCCC(=O)OCC(COC(=O)CCCCCCCCCCCCCCC/C=C\C/C=C\CCCCCCC)OC(=O)CCCCCCCCCCC/C=C\CCCCCCCCCC. The predicted octanol–water partition coefficient (Wildman–Crippen LogP) is 22.6. The molecule has 0 spiro atoms. The monoisotopic (exact) mass is 1050 g/mol. The summed E-state index contributed by atoms with van der Waals surface area (Å²) in [6.45, 7) is 6.63. The standard InChI is InChI=1S/C69H126O6/c1-4-7-10-13-16-19-22-24-26-28-30-32-33-34-35-37-38-40-42-44-47-50-53-56-59-62-68(71)74-65-66(64-73-67(70)61-58-55-52-49-46-21-18-15-12-9-6-3)75-69(72)63-60-57-54-51-48-45-43-41-39-36-31-29-27-25-23-20-17-14-11-8-5-2/h15,18,22,24,28-31,66H,4-14,16-17,19-21,23,25-27,32-65H2,1-3H3/b18-15-,24-22-,30-28-,31-29-. The summed E-state index contributed by atoms with van der Waals surface area (Å²) in [5, 5.41) is 0. The molecule has 0 bridgehead atoms. The van der Waals surface area contributed by atoms with Gasteiger partial charge in [0.2, 0.25) is 0 Å². The van der Waals surface area contributed by atoms with Gasteiger partial charge in [-0.25, -0.2) is 0 Å². The van der Waals surface area contributed by atoms with E-state index < -0.39 is 6.10 Å². The zero-order valence-corrected chi connectivity index (χ0v) is 50.3. The summed E-state index contributed by atoms with van der Waals surface area (Å²) in [5.74, 6) is -0.868. The first-order valence-corrected chi connectivity index (χ1v) is 33.1. The molecule has 0 aromatic carbocycles. The highest BCUT2D eigenvalue weighted by Gasteiger charge is 2.19. The van der Waals surface area contributed by atoms with Gasteiger partial charge in [-0.2, -0.15) is 0 Å². The van der Waals surface area contributed by atoms with Gasteiger partial charge in [-0.15, -0.1) is 0 Å². The second kappa shape index (κ2) is 63.9. The summed E-state index contributed by atoms with van der Waals surface area (Å²) < 4.78 is 16.9. The molecular formula is C69H126O6. The zero-order chi connectivity index (χ0) is 54.3. The normalized spacial score (nSPS) is 12.3. The third kappa shape index (κ3) is 62.1. The molecule has 0 aliphatic heterocycles. The van der Waals surface area contributed by atoms with E-state index in [0.29, 0.717) is 19.3 Å². The lowest BCUT2D eigenvalue weighted by Gasteiger charge is -2.18. The van der Waals surface area contributed by atoms with E-state index >= 15 is 0 Å². The van der Waals surface area contributed by atoms with E-state index in [1.165, 1.54) is 244 Å². The second-order valence-electron chi connectivity index (χ2n) is 22.4. The van der Waals surface area contributed by atoms with Crippen molar-refractivity contribution in [1.82, 2.24) is 0 Å². The van der Waals surface area contributed by atoms with Gasteiger partial charge in [0.15, 0.2) is 6.10 Å². The van der Waals surface area contributed by atoms with Crippen molar-refractivity contribution >= 4 is 17.9 Å². The van der Waals surface area contributed by atoms with Crippen molar-refractivity contribution in [1.29, 1.82) is 0 Å². The van der Waals surface area contributed by atoms with Gasteiger partial charge < -0.3 is 14.2 Å². The van der Waals surface area contributed by atoms with Crippen LogP contribution in [0.2, 0.25) is 0 Å². The van der Waals surface area contributed by atoms with Crippen LogP contribution >= 0.6 is 0 Å². The fourth-order valence-corrected chi connectivity index (χ4v) is 9.75. The molecule has 0 aliphatic carbocycles. The summed E-state index contributed by atoms with van der Waals surface area (Å²) in [6, 6.07) is 0. The first-order valence-electron chi connectivity index (χ1n) is 33.1. The topological polar surface area (TPSA) is 78.9 Å². The molecule has 1 atom stereocenters. The first-order chi connectivity index (χ1) is 37.0. The Hall–Kier alpha value is -2.63.